The van der Waals surface area contributed by atoms with Crippen molar-refractivity contribution >= 4 is 19.9 Å². The fourth-order valence-corrected chi connectivity index (χ4v) is 3.27. The molecule has 0 bridgehead atoms. The van der Waals surface area contributed by atoms with Crippen LogP contribution in [0.15, 0.2) is 0 Å². The number of nitrogens with two attached hydrogens (primary N) is 1. The average molecular weight is 256 g/mol. The molecule has 0 radical (unpaired) electrons. The van der Waals surface area contributed by atoms with E-state index in [1.54, 1.807) is 0 Å². The Morgan fingerprint density at radius 3 is 2.20 bits per heavy atom. The van der Waals surface area contributed by atoms with Gasteiger partial charge in [-0.3, -0.25) is 0 Å². The second kappa shape index (κ2) is 4.77. The highest BCUT2D eigenvalue weighted by Gasteiger charge is 2.21. The lowest BCUT2D eigenvalue weighted by Crippen LogP contribution is -2.41. The SMILES string of the molecule is NS(=O)(=O)CCCN1CCS(=O)(=O)CC1. The van der Waals surface area contributed by atoms with Crippen molar-refractivity contribution in [1.82, 2.24) is 4.90 Å². The van der Waals surface area contributed by atoms with Crippen LogP contribution in [0.3, 0.4) is 0 Å². The van der Waals surface area contributed by atoms with Gasteiger partial charge in [-0.2, -0.15) is 0 Å². The smallest absolute Gasteiger partial charge is 0.209 e. The van der Waals surface area contributed by atoms with Crippen molar-refractivity contribution in [2.24, 2.45) is 5.14 Å². The van der Waals surface area contributed by atoms with Gasteiger partial charge < -0.3 is 4.90 Å². The van der Waals surface area contributed by atoms with Gasteiger partial charge in [0.25, 0.3) is 0 Å². The van der Waals surface area contributed by atoms with E-state index >= 15 is 0 Å². The second-order valence-electron chi connectivity index (χ2n) is 3.71. The summed E-state index contributed by atoms with van der Waals surface area (Å²) in [4.78, 5) is 1.95. The van der Waals surface area contributed by atoms with Gasteiger partial charge in [0.1, 0.15) is 0 Å². The zero-order chi connectivity index (χ0) is 11.5. The van der Waals surface area contributed by atoms with Crippen molar-refractivity contribution in [1.29, 1.82) is 0 Å². The third-order valence-corrected chi connectivity index (χ3v) is 4.81. The summed E-state index contributed by atoms with van der Waals surface area (Å²) in [6.45, 7) is 1.58. The molecule has 0 aliphatic carbocycles. The zero-order valence-corrected chi connectivity index (χ0v) is 10.1. The molecular formula is C7H16N2O4S2. The number of nitrogens with zero attached hydrogens (tertiary/aromatic N) is 1. The van der Waals surface area contributed by atoms with Crippen molar-refractivity contribution in [3.8, 4) is 0 Å². The van der Waals surface area contributed by atoms with E-state index in [-0.39, 0.29) is 17.3 Å². The minimum absolute atomic E-state index is 0.0454. The molecule has 1 aliphatic heterocycles. The largest absolute Gasteiger partial charge is 0.301 e. The van der Waals surface area contributed by atoms with E-state index < -0.39 is 19.9 Å². The number of hydrogen-bond acceptors (Lipinski definition) is 5. The molecule has 0 unspecified atom stereocenters. The molecule has 0 spiro atoms. The predicted octanol–water partition coefficient (Wildman–Crippen LogP) is -1.60. The molecule has 0 atom stereocenters. The molecule has 0 aromatic rings. The summed E-state index contributed by atoms with van der Waals surface area (Å²) in [6, 6.07) is 0. The first-order chi connectivity index (χ1) is 6.79. The lowest BCUT2D eigenvalue weighted by molar-refractivity contribution is 0.296. The Balaban J connectivity index is 2.25. The first-order valence-electron chi connectivity index (χ1n) is 4.72. The van der Waals surface area contributed by atoms with Gasteiger partial charge in [-0.1, -0.05) is 0 Å². The van der Waals surface area contributed by atoms with Crippen LogP contribution in [0.25, 0.3) is 0 Å². The van der Waals surface area contributed by atoms with Crippen molar-refractivity contribution in [2.75, 3.05) is 36.9 Å². The van der Waals surface area contributed by atoms with Crippen molar-refractivity contribution < 1.29 is 16.8 Å². The molecule has 1 aliphatic rings. The van der Waals surface area contributed by atoms with Gasteiger partial charge in [0.05, 0.1) is 17.3 Å². The molecule has 15 heavy (non-hydrogen) atoms. The molecule has 8 heteroatoms. The number of rotatable bonds is 4. The molecule has 1 fully saturated rings. The molecule has 0 amide bonds. The molecule has 0 aromatic heterocycles. The Hall–Kier alpha value is -0.180. The van der Waals surface area contributed by atoms with E-state index in [9.17, 15) is 16.8 Å². The maximum absolute atomic E-state index is 11.1. The molecule has 90 valence electrons. The molecule has 6 nitrogen and oxygen atoms in total. The van der Waals surface area contributed by atoms with E-state index in [1.165, 1.54) is 0 Å². The monoisotopic (exact) mass is 256 g/mol. The Bertz CT molecular complexity index is 387. The minimum Gasteiger partial charge on any atom is -0.301 e. The molecule has 1 saturated heterocycles. The van der Waals surface area contributed by atoms with E-state index in [2.05, 4.69) is 0 Å². The van der Waals surface area contributed by atoms with E-state index in [0.717, 1.165) is 0 Å². The van der Waals surface area contributed by atoms with Gasteiger partial charge in [0.2, 0.25) is 10.0 Å². The molecule has 0 aromatic carbocycles. The summed E-state index contributed by atoms with van der Waals surface area (Å²) in [5, 5.41) is 4.85. The van der Waals surface area contributed by atoms with Crippen molar-refractivity contribution in [3.63, 3.8) is 0 Å². The summed E-state index contributed by atoms with van der Waals surface area (Å²) in [5.74, 6) is 0.293. The Labute approximate surface area is 90.4 Å². The van der Waals surface area contributed by atoms with Gasteiger partial charge in [-0.05, 0) is 13.0 Å². The van der Waals surface area contributed by atoms with Gasteiger partial charge >= 0.3 is 0 Å². The molecule has 1 heterocycles. The Kier molecular flexibility index (Phi) is 4.10. The highest BCUT2D eigenvalue weighted by atomic mass is 32.2. The highest BCUT2D eigenvalue weighted by molar-refractivity contribution is 7.91. The quantitative estimate of drug-likeness (QED) is 0.653. The molecule has 1 rings (SSSR count). The Morgan fingerprint density at radius 2 is 1.73 bits per heavy atom. The Morgan fingerprint density at radius 1 is 1.20 bits per heavy atom. The maximum atomic E-state index is 11.1. The van der Waals surface area contributed by atoms with Gasteiger partial charge in [0, 0.05) is 13.1 Å². The second-order valence-corrected chi connectivity index (χ2v) is 7.75. The lowest BCUT2D eigenvalue weighted by atomic mass is 10.4. The van der Waals surface area contributed by atoms with Crippen LogP contribution in [0, 0.1) is 0 Å². The first-order valence-corrected chi connectivity index (χ1v) is 8.25. The molecular weight excluding hydrogens is 240 g/mol. The van der Waals surface area contributed by atoms with Crippen LogP contribution in [0.2, 0.25) is 0 Å². The maximum Gasteiger partial charge on any atom is 0.209 e. The molecule has 2 N–H and O–H groups in total. The summed E-state index contributed by atoms with van der Waals surface area (Å²) in [5.41, 5.74) is 0. The lowest BCUT2D eigenvalue weighted by Gasteiger charge is -2.26. The standard InChI is InChI=1S/C7H16N2O4S2/c8-15(12,13)5-1-2-9-3-6-14(10,11)7-4-9/h1-7H2,(H2,8,12,13). The summed E-state index contributed by atoms with van der Waals surface area (Å²) in [6.07, 6.45) is 0.457. The third kappa shape index (κ3) is 5.45. The van der Waals surface area contributed by atoms with Crippen LogP contribution in [0.1, 0.15) is 6.42 Å². The number of sulfonamides is 1. The fraction of sp³-hybridized carbons (Fsp3) is 1.00. The predicted molar refractivity (Wildman–Crippen MR) is 57.7 cm³/mol. The normalized spacial score (nSPS) is 22.7. The van der Waals surface area contributed by atoms with Crippen LogP contribution < -0.4 is 5.14 Å². The highest BCUT2D eigenvalue weighted by Crippen LogP contribution is 2.04. The topological polar surface area (TPSA) is 97.5 Å². The van der Waals surface area contributed by atoms with Crippen LogP contribution in [-0.2, 0) is 19.9 Å². The van der Waals surface area contributed by atoms with E-state index in [0.29, 0.717) is 26.1 Å². The van der Waals surface area contributed by atoms with Crippen LogP contribution in [0.5, 0.6) is 0 Å². The third-order valence-electron chi connectivity index (χ3n) is 2.34. The van der Waals surface area contributed by atoms with Crippen molar-refractivity contribution in [2.45, 2.75) is 6.42 Å². The fourth-order valence-electron chi connectivity index (χ4n) is 1.46. The van der Waals surface area contributed by atoms with E-state index in [4.69, 9.17) is 5.14 Å². The van der Waals surface area contributed by atoms with Gasteiger partial charge in [0.15, 0.2) is 9.84 Å². The summed E-state index contributed by atoms with van der Waals surface area (Å²) >= 11 is 0. The number of sulfone groups is 1. The summed E-state index contributed by atoms with van der Waals surface area (Å²) < 4.78 is 43.5. The minimum atomic E-state index is -3.39. The van der Waals surface area contributed by atoms with Crippen LogP contribution in [0.4, 0.5) is 0 Å². The zero-order valence-electron chi connectivity index (χ0n) is 8.42. The number of hydrogen-bond donors (Lipinski definition) is 1. The summed E-state index contributed by atoms with van der Waals surface area (Å²) in [7, 11) is -6.25. The van der Waals surface area contributed by atoms with Crippen molar-refractivity contribution in [3.05, 3.63) is 0 Å². The van der Waals surface area contributed by atoms with Crippen LogP contribution in [-0.4, -0.2) is 58.6 Å². The number of primary sulfonamides is 1. The van der Waals surface area contributed by atoms with Gasteiger partial charge in [-0.15, -0.1) is 0 Å². The van der Waals surface area contributed by atoms with Crippen LogP contribution >= 0.6 is 0 Å². The average Bonchev–Trinajstić information content (AvgIpc) is 2.06. The van der Waals surface area contributed by atoms with E-state index in [1.807, 2.05) is 4.90 Å². The molecule has 0 saturated carbocycles. The first kappa shape index (κ1) is 12.9. The van der Waals surface area contributed by atoms with Gasteiger partial charge in [-0.25, -0.2) is 22.0 Å².